The zero-order valence-electron chi connectivity index (χ0n) is 13.1. The minimum Gasteiger partial charge on any atom is -0.366 e. The molecule has 3 nitrogen and oxygen atoms in total. The quantitative estimate of drug-likeness (QED) is 0.706. The molecule has 1 heterocycles. The first-order chi connectivity index (χ1) is 11.5. The first-order valence-electron chi connectivity index (χ1n) is 7.46. The highest BCUT2D eigenvalue weighted by molar-refractivity contribution is 6.30. The summed E-state index contributed by atoms with van der Waals surface area (Å²) < 4.78 is 2.06. The second-order valence-corrected chi connectivity index (χ2v) is 6.49. The van der Waals surface area contributed by atoms with E-state index in [-0.39, 0.29) is 0 Å². The Morgan fingerprint density at radius 3 is 2.38 bits per heavy atom. The van der Waals surface area contributed by atoms with Gasteiger partial charge in [-0.05, 0) is 48.4 Å². The van der Waals surface area contributed by atoms with Crippen LogP contribution in [0.3, 0.4) is 0 Å². The van der Waals surface area contributed by atoms with Gasteiger partial charge < -0.3 is 10.3 Å². The molecular weight excluding hydrogens is 343 g/mol. The third-order valence-corrected chi connectivity index (χ3v) is 4.49. The molecule has 0 aliphatic rings. The summed E-state index contributed by atoms with van der Waals surface area (Å²) in [5.41, 5.74) is 9.80. The van der Waals surface area contributed by atoms with Gasteiger partial charge in [0.15, 0.2) is 0 Å². The highest BCUT2D eigenvalue weighted by Gasteiger charge is 2.17. The maximum atomic E-state index is 11.7. The molecule has 122 valence electrons. The SMILES string of the molecule is Cc1c(C(N)=O)cc(-c2ccc(Cl)cc2)n1Cc1cccc(Cl)c1. The molecule has 0 bridgehead atoms. The Kier molecular flexibility index (Phi) is 4.65. The predicted octanol–water partition coefficient (Wildman–Crippen LogP) is 4.92. The summed E-state index contributed by atoms with van der Waals surface area (Å²) in [4.78, 5) is 11.7. The Labute approximate surface area is 150 Å². The summed E-state index contributed by atoms with van der Waals surface area (Å²) in [6, 6.07) is 17.0. The highest BCUT2D eigenvalue weighted by Crippen LogP contribution is 2.28. The largest absolute Gasteiger partial charge is 0.366 e. The third-order valence-electron chi connectivity index (χ3n) is 4.00. The third kappa shape index (κ3) is 3.32. The van der Waals surface area contributed by atoms with E-state index in [0.29, 0.717) is 22.2 Å². The van der Waals surface area contributed by atoms with Crippen molar-refractivity contribution >= 4 is 29.1 Å². The first kappa shape index (κ1) is 16.6. The molecule has 0 unspecified atom stereocenters. The summed E-state index contributed by atoms with van der Waals surface area (Å²) in [5, 5.41) is 1.35. The number of benzene rings is 2. The van der Waals surface area contributed by atoms with Crippen molar-refractivity contribution in [2.75, 3.05) is 0 Å². The summed E-state index contributed by atoms with van der Waals surface area (Å²) in [7, 11) is 0. The van der Waals surface area contributed by atoms with Crippen LogP contribution < -0.4 is 5.73 Å². The molecule has 0 saturated heterocycles. The number of carbonyl (C=O) groups is 1. The van der Waals surface area contributed by atoms with E-state index in [1.165, 1.54) is 0 Å². The van der Waals surface area contributed by atoms with Crippen LogP contribution in [0.5, 0.6) is 0 Å². The molecule has 0 aliphatic heterocycles. The van der Waals surface area contributed by atoms with Gasteiger partial charge in [-0.1, -0.05) is 47.5 Å². The molecule has 0 spiro atoms. The predicted molar refractivity (Wildman–Crippen MR) is 98.7 cm³/mol. The molecular formula is C19H16Cl2N2O. The van der Waals surface area contributed by atoms with Crippen LogP contribution in [-0.4, -0.2) is 10.5 Å². The van der Waals surface area contributed by atoms with Gasteiger partial charge in [0.25, 0.3) is 5.91 Å². The average molecular weight is 359 g/mol. The molecule has 0 saturated carbocycles. The number of amides is 1. The van der Waals surface area contributed by atoms with Crippen LogP contribution in [0.25, 0.3) is 11.3 Å². The van der Waals surface area contributed by atoms with E-state index in [0.717, 1.165) is 22.5 Å². The maximum Gasteiger partial charge on any atom is 0.250 e. The smallest absolute Gasteiger partial charge is 0.250 e. The summed E-state index contributed by atoms with van der Waals surface area (Å²) in [6.45, 7) is 2.49. The van der Waals surface area contributed by atoms with E-state index in [4.69, 9.17) is 28.9 Å². The molecule has 2 N–H and O–H groups in total. The van der Waals surface area contributed by atoms with Gasteiger partial charge in [0.1, 0.15) is 0 Å². The Morgan fingerprint density at radius 2 is 1.75 bits per heavy atom. The second-order valence-electron chi connectivity index (χ2n) is 5.62. The van der Waals surface area contributed by atoms with E-state index >= 15 is 0 Å². The number of primary amides is 1. The van der Waals surface area contributed by atoms with E-state index < -0.39 is 5.91 Å². The molecule has 1 amide bonds. The highest BCUT2D eigenvalue weighted by atomic mass is 35.5. The molecule has 0 aliphatic carbocycles. The molecule has 0 radical (unpaired) electrons. The Bertz CT molecular complexity index is 898. The molecule has 5 heteroatoms. The second kappa shape index (κ2) is 6.71. The van der Waals surface area contributed by atoms with Gasteiger partial charge in [-0.15, -0.1) is 0 Å². The fourth-order valence-corrected chi connectivity index (χ4v) is 3.11. The van der Waals surface area contributed by atoms with E-state index in [9.17, 15) is 4.79 Å². The van der Waals surface area contributed by atoms with Crippen molar-refractivity contribution in [1.29, 1.82) is 0 Å². The summed E-state index contributed by atoms with van der Waals surface area (Å²) in [6.07, 6.45) is 0. The van der Waals surface area contributed by atoms with Crippen molar-refractivity contribution in [3.63, 3.8) is 0 Å². The van der Waals surface area contributed by atoms with Crippen LogP contribution in [0.2, 0.25) is 10.0 Å². The lowest BCUT2D eigenvalue weighted by Gasteiger charge is -2.13. The lowest BCUT2D eigenvalue weighted by atomic mass is 10.1. The maximum absolute atomic E-state index is 11.7. The molecule has 24 heavy (non-hydrogen) atoms. The first-order valence-corrected chi connectivity index (χ1v) is 8.21. The monoisotopic (exact) mass is 358 g/mol. The number of nitrogens with two attached hydrogens (primary N) is 1. The van der Waals surface area contributed by atoms with Crippen LogP contribution in [0, 0.1) is 6.92 Å². The van der Waals surface area contributed by atoms with Crippen molar-refractivity contribution in [2.45, 2.75) is 13.5 Å². The standard InChI is InChI=1S/C19H16Cl2N2O/c1-12-17(19(22)24)10-18(14-5-7-15(20)8-6-14)23(12)11-13-3-2-4-16(21)9-13/h2-10H,11H2,1H3,(H2,22,24). The van der Waals surface area contributed by atoms with Crippen molar-refractivity contribution < 1.29 is 4.79 Å². The Hall–Kier alpha value is -2.23. The fraction of sp³-hybridized carbons (Fsp3) is 0.105. The molecule has 3 aromatic rings. The van der Waals surface area contributed by atoms with E-state index in [1.807, 2.05) is 61.5 Å². The van der Waals surface area contributed by atoms with Crippen LogP contribution in [-0.2, 0) is 6.54 Å². The molecule has 0 fully saturated rings. The molecule has 1 aromatic heterocycles. The van der Waals surface area contributed by atoms with Gasteiger partial charge in [-0.3, -0.25) is 4.79 Å². The number of hydrogen-bond donors (Lipinski definition) is 1. The number of carbonyl (C=O) groups excluding carboxylic acids is 1. The van der Waals surface area contributed by atoms with Crippen LogP contribution >= 0.6 is 23.2 Å². The number of nitrogens with zero attached hydrogens (tertiary/aromatic N) is 1. The van der Waals surface area contributed by atoms with Gasteiger partial charge in [-0.2, -0.15) is 0 Å². The fourth-order valence-electron chi connectivity index (χ4n) is 2.78. The normalized spacial score (nSPS) is 10.8. The van der Waals surface area contributed by atoms with Gasteiger partial charge >= 0.3 is 0 Å². The molecule has 3 rings (SSSR count). The minimum absolute atomic E-state index is 0.437. The summed E-state index contributed by atoms with van der Waals surface area (Å²) >= 11 is 12.1. The van der Waals surface area contributed by atoms with Crippen molar-refractivity contribution in [3.05, 3.63) is 81.5 Å². The summed E-state index contributed by atoms with van der Waals surface area (Å²) in [5.74, 6) is -0.437. The van der Waals surface area contributed by atoms with Gasteiger partial charge in [0, 0.05) is 28.0 Å². The van der Waals surface area contributed by atoms with Crippen LogP contribution in [0.1, 0.15) is 21.6 Å². The lowest BCUT2D eigenvalue weighted by Crippen LogP contribution is -2.12. The number of halogens is 2. The number of rotatable bonds is 4. The van der Waals surface area contributed by atoms with Crippen LogP contribution in [0.4, 0.5) is 0 Å². The van der Waals surface area contributed by atoms with Crippen molar-refractivity contribution in [2.24, 2.45) is 5.73 Å². The zero-order chi connectivity index (χ0) is 17.3. The van der Waals surface area contributed by atoms with Crippen molar-refractivity contribution in [1.82, 2.24) is 4.57 Å². The van der Waals surface area contributed by atoms with Crippen molar-refractivity contribution in [3.8, 4) is 11.3 Å². The number of hydrogen-bond acceptors (Lipinski definition) is 1. The average Bonchev–Trinajstić information content (AvgIpc) is 2.86. The Morgan fingerprint density at radius 1 is 1.04 bits per heavy atom. The van der Waals surface area contributed by atoms with Gasteiger partial charge in [0.2, 0.25) is 0 Å². The van der Waals surface area contributed by atoms with Crippen LogP contribution in [0.15, 0.2) is 54.6 Å². The molecule has 2 aromatic carbocycles. The lowest BCUT2D eigenvalue weighted by molar-refractivity contribution is 0.0999. The zero-order valence-corrected chi connectivity index (χ0v) is 14.6. The minimum atomic E-state index is -0.437. The Balaban J connectivity index is 2.12. The topological polar surface area (TPSA) is 48.0 Å². The van der Waals surface area contributed by atoms with E-state index in [1.54, 1.807) is 0 Å². The van der Waals surface area contributed by atoms with Gasteiger partial charge in [0.05, 0.1) is 5.56 Å². The van der Waals surface area contributed by atoms with E-state index in [2.05, 4.69) is 4.57 Å². The number of aromatic nitrogens is 1. The van der Waals surface area contributed by atoms with Gasteiger partial charge in [-0.25, -0.2) is 0 Å². The molecule has 0 atom stereocenters.